The van der Waals surface area contributed by atoms with Gasteiger partial charge < -0.3 is 10.4 Å². The molecule has 1 rings (SSSR count). The second kappa shape index (κ2) is 6.57. The summed E-state index contributed by atoms with van der Waals surface area (Å²) in [4.78, 5) is 22.8. The topological polar surface area (TPSA) is 66.4 Å². The summed E-state index contributed by atoms with van der Waals surface area (Å²) in [5.74, 6) is -1.01. The lowest BCUT2D eigenvalue weighted by Gasteiger charge is -2.21. The van der Waals surface area contributed by atoms with E-state index in [1.807, 2.05) is 0 Å². The number of amides is 1. The Morgan fingerprint density at radius 2 is 2.17 bits per heavy atom. The SMILES string of the molecule is CCC(C)C(S)CCC1NC(=O)C(C(C)=O)C1O. The lowest BCUT2D eigenvalue weighted by Crippen LogP contribution is -2.33. The Labute approximate surface area is 114 Å². The molecular formula is C13H23NO3S. The highest BCUT2D eigenvalue weighted by molar-refractivity contribution is 7.81. The number of carbonyl (C=O) groups excluding carboxylic acids is 2. The predicted octanol–water partition coefficient (Wildman–Crippen LogP) is 1.18. The van der Waals surface area contributed by atoms with E-state index in [0.29, 0.717) is 12.3 Å². The van der Waals surface area contributed by atoms with Crippen molar-refractivity contribution in [2.45, 2.75) is 57.4 Å². The van der Waals surface area contributed by atoms with Gasteiger partial charge in [0.05, 0.1) is 12.1 Å². The number of aliphatic hydroxyl groups excluding tert-OH is 1. The largest absolute Gasteiger partial charge is 0.390 e. The zero-order valence-electron chi connectivity index (χ0n) is 11.2. The lowest BCUT2D eigenvalue weighted by molar-refractivity contribution is -0.132. The molecule has 0 radical (unpaired) electrons. The third-order valence-electron chi connectivity index (χ3n) is 3.88. The van der Waals surface area contributed by atoms with Crippen LogP contribution in [0.25, 0.3) is 0 Å². The molecule has 5 atom stereocenters. The van der Waals surface area contributed by atoms with Gasteiger partial charge in [0.15, 0.2) is 0 Å². The zero-order valence-corrected chi connectivity index (χ0v) is 12.1. The Morgan fingerprint density at radius 3 is 2.61 bits per heavy atom. The van der Waals surface area contributed by atoms with E-state index < -0.39 is 12.0 Å². The molecule has 1 saturated heterocycles. The molecule has 4 nitrogen and oxygen atoms in total. The van der Waals surface area contributed by atoms with Crippen LogP contribution in [0.2, 0.25) is 0 Å². The van der Waals surface area contributed by atoms with Crippen molar-refractivity contribution in [3.8, 4) is 0 Å². The Hall–Kier alpha value is -0.550. The number of Topliss-reactive ketones (excluding diaryl/α,β-unsaturated/α-hetero) is 1. The third kappa shape index (κ3) is 3.48. The van der Waals surface area contributed by atoms with Crippen molar-refractivity contribution in [1.82, 2.24) is 5.32 Å². The third-order valence-corrected chi connectivity index (χ3v) is 4.64. The average molecular weight is 273 g/mol. The van der Waals surface area contributed by atoms with E-state index in [-0.39, 0.29) is 23.0 Å². The van der Waals surface area contributed by atoms with Crippen LogP contribution >= 0.6 is 12.6 Å². The molecule has 104 valence electrons. The molecule has 1 amide bonds. The fraction of sp³-hybridized carbons (Fsp3) is 0.846. The molecule has 0 aliphatic carbocycles. The minimum absolute atomic E-state index is 0.260. The molecule has 0 aromatic rings. The number of aliphatic hydroxyl groups is 1. The molecule has 1 aliphatic rings. The zero-order chi connectivity index (χ0) is 13.9. The van der Waals surface area contributed by atoms with Gasteiger partial charge in [-0.25, -0.2) is 0 Å². The first-order chi connectivity index (χ1) is 8.38. The van der Waals surface area contributed by atoms with Crippen LogP contribution in [0.1, 0.15) is 40.0 Å². The van der Waals surface area contributed by atoms with Gasteiger partial charge in [0.2, 0.25) is 5.91 Å². The summed E-state index contributed by atoms with van der Waals surface area (Å²) in [5, 5.41) is 12.9. The molecule has 0 aromatic heterocycles. The first-order valence-electron chi connectivity index (χ1n) is 6.55. The van der Waals surface area contributed by atoms with Crippen LogP contribution in [0, 0.1) is 11.8 Å². The van der Waals surface area contributed by atoms with Crippen LogP contribution in [0.3, 0.4) is 0 Å². The average Bonchev–Trinajstić information content (AvgIpc) is 2.60. The highest BCUT2D eigenvalue weighted by Gasteiger charge is 2.43. The molecule has 5 heteroatoms. The maximum Gasteiger partial charge on any atom is 0.233 e. The summed E-state index contributed by atoms with van der Waals surface area (Å²) < 4.78 is 0. The van der Waals surface area contributed by atoms with E-state index in [9.17, 15) is 14.7 Å². The van der Waals surface area contributed by atoms with Crippen molar-refractivity contribution in [2.75, 3.05) is 0 Å². The number of ketones is 1. The van der Waals surface area contributed by atoms with E-state index in [2.05, 4.69) is 31.8 Å². The van der Waals surface area contributed by atoms with Gasteiger partial charge in [-0.2, -0.15) is 12.6 Å². The quantitative estimate of drug-likeness (QED) is 0.503. The molecule has 5 unspecified atom stereocenters. The first kappa shape index (κ1) is 15.5. The molecule has 18 heavy (non-hydrogen) atoms. The molecular weight excluding hydrogens is 250 g/mol. The van der Waals surface area contributed by atoms with Crippen LogP contribution in [0.15, 0.2) is 0 Å². The van der Waals surface area contributed by atoms with Crippen LogP contribution in [0.4, 0.5) is 0 Å². The summed E-state index contributed by atoms with van der Waals surface area (Å²) in [5.41, 5.74) is 0. The van der Waals surface area contributed by atoms with E-state index >= 15 is 0 Å². The minimum atomic E-state index is -0.896. The summed E-state index contributed by atoms with van der Waals surface area (Å²) in [7, 11) is 0. The fourth-order valence-corrected chi connectivity index (χ4v) is 2.68. The lowest BCUT2D eigenvalue weighted by atomic mass is 9.93. The number of hydrogen-bond acceptors (Lipinski definition) is 4. The van der Waals surface area contributed by atoms with Gasteiger partial charge in [0.1, 0.15) is 11.7 Å². The van der Waals surface area contributed by atoms with Gasteiger partial charge >= 0.3 is 0 Å². The molecule has 0 saturated carbocycles. The van der Waals surface area contributed by atoms with Crippen molar-refractivity contribution in [3.05, 3.63) is 0 Å². The van der Waals surface area contributed by atoms with Crippen LogP contribution in [-0.2, 0) is 9.59 Å². The minimum Gasteiger partial charge on any atom is -0.390 e. The van der Waals surface area contributed by atoms with E-state index in [0.717, 1.165) is 12.8 Å². The molecule has 1 heterocycles. The van der Waals surface area contributed by atoms with E-state index in [4.69, 9.17) is 0 Å². The summed E-state index contributed by atoms with van der Waals surface area (Å²) in [6.45, 7) is 5.60. The van der Waals surface area contributed by atoms with Crippen LogP contribution in [0.5, 0.6) is 0 Å². The number of carbonyl (C=O) groups is 2. The number of nitrogens with one attached hydrogen (secondary N) is 1. The fourth-order valence-electron chi connectivity index (χ4n) is 2.32. The number of hydrogen-bond donors (Lipinski definition) is 3. The Kier molecular flexibility index (Phi) is 5.66. The van der Waals surface area contributed by atoms with Gasteiger partial charge in [0.25, 0.3) is 0 Å². The molecule has 2 N–H and O–H groups in total. The van der Waals surface area contributed by atoms with Gasteiger partial charge in [-0.05, 0) is 25.7 Å². The Balaban J connectivity index is 2.50. The molecule has 0 aromatic carbocycles. The molecule has 1 aliphatic heterocycles. The predicted molar refractivity (Wildman–Crippen MR) is 73.6 cm³/mol. The van der Waals surface area contributed by atoms with Gasteiger partial charge in [-0.15, -0.1) is 0 Å². The van der Waals surface area contributed by atoms with Crippen molar-refractivity contribution in [1.29, 1.82) is 0 Å². The standard InChI is InChI=1S/C13H23NO3S/c1-4-7(2)10(18)6-5-9-12(16)11(8(3)15)13(17)14-9/h7,9-12,16,18H,4-6H2,1-3H3,(H,14,17). The van der Waals surface area contributed by atoms with E-state index in [1.165, 1.54) is 6.92 Å². The van der Waals surface area contributed by atoms with Crippen molar-refractivity contribution < 1.29 is 14.7 Å². The highest BCUT2D eigenvalue weighted by atomic mass is 32.1. The second-order valence-corrected chi connectivity index (χ2v) is 5.89. The van der Waals surface area contributed by atoms with Crippen LogP contribution < -0.4 is 5.32 Å². The van der Waals surface area contributed by atoms with Gasteiger partial charge in [0, 0.05) is 5.25 Å². The van der Waals surface area contributed by atoms with E-state index in [1.54, 1.807) is 0 Å². The highest BCUT2D eigenvalue weighted by Crippen LogP contribution is 2.25. The Morgan fingerprint density at radius 1 is 1.56 bits per heavy atom. The van der Waals surface area contributed by atoms with Crippen LogP contribution in [-0.4, -0.2) is 34.2 Å². The summed E-state index contributed by atoms with van der Waals surface area (Å²) in [6, 6.07) is -0.315. The van der Waals surface area contributed by atoms with Crippen molar-refractivity contribution in [2.24, 2.45) is 11.8 Å². The number of rotatable bonds is 6. The summed E-state index contributed by atoms with van der Waals surface area (Å²) >= 11 is 4.53. The van der Waals surface area contributed by atoms with Crippen molar-refractivity contribution in [3.63, 3.8) is 0 Å². The Bertz CT molecular complexity index is 321. The molecule has 0 spiro atoms. The first-order valence-corrected chi connectivity index (χ1v) is 7.07. The molecule has 1 fully saturated rings. The van der Waals surface area contributed by atoms with Gasteiger partial charge in [-0.1, -0.05) is 20.3 Å². The number of thiol groups is 1. The normalized spacial score (nSPS) is 30.9. The summed E-state index contributed by atoms with van der Waals surface area (Å²) in [6.07, 6.45) is 1.65. The maximum absolute atomic E-state index is 11.6. The van der Waals surface area contributed by atoms with Gasteiger partial charge in [-0.3, -0.25) is 9.59 Å². The second-order valence-electron chi connectivity index (χ2n) is 5.22. The monoisotopic (exact) mass is 273 g/mol. The molecule has 0 bridgehead atoms. The smallest absolute Gasteiger partial charge is 0.233 e. The van der Waals surface area contributed by atoms with Crippen molar-refractivity contribution >= 4 is 24.3 Å². The maximum atomic E-state index is 11.6.